The van der Waals surface area contributed by atoms with Crippen LogP contribution in [0.15, 0.2) is 34.8 Å². The van der Waals surface area contributed by atoms with Gasteiger partial charge in [-0.1, -0.05) is 12.1 Å². The summed E-state index contributed by atoms with van der Waals surface area (Å²) in [5.74, 6) is -0.0495. The summed E-state index contributed by atoms with van der Waals surface area (Å²) < 4.78 is 43.3. The fourth-order valence-corrected chi connectivity index (χ4v) is 4.04. The van der Waals surface area contributed by atoms with Crippen molar-refractivity contribution < 1.29 is 18.0 Å². The molecule has 0 aliphatic heterocycles. The lowest BCUT2D eigenvalue weighted by molar-refractivity contribution is -0.141. The predicted octanol–water partition coefficient (Wildman–Crippen LogP) is 5.22. The number of carbonyl (C=O) groups is 1. The molecule has 0 bridgehead atoms. The molecule has 10 heteroatoms. The van der Waals surface area contributed by atoms with Gasteiger partial charge >= 0.3 is 6.18 Å². The average Bonchev–Trinajstić information content (AvgIpc) is 3.48. The van der Waals surface area contributed by atoms with Crippen LogP contribution in [0.4, 0.5) is 13.2 Å². The molecule has 4 rings (SSSR count). The Morgan fingerprint density at radius 1 is 1.15 bits per heavy atom. The van der Waals surface area contributed by atoms with E-state index >= 15 is 0 Å². The second kappa shape index (κ2) is 9.32. The third kappa shape index (κ3) is 5.48. The Balaban J connectivity index is 1.29. The zero-order valence-corrected chi connectivity index (χ0v) is 20.0. The van der Waals surface area contributed by atoms with Crippen molar-refractivity contribution in [3.8, 4) is 0 Å². The second-order valence-electron chi connectivity index (χ2n) is 8.40. The lowest BCUT2D eigenvalue weighted by Crippen LogP contribution is -2.25. The summed E-state index contributed by atoms with van der Waals surface area (Å²) in [7, 11) is 0. The Morgan fingerprint density at radius 2 is 1.85 bits per heavy atom. The number of hydrogen-bond acceptors (Lipinski definition) is 3. The van der Waals surface area contributed by atoms with Gasteiger partial charge in [0.1, 0.15) is 0 Å². The highest BCUT2D eigenvalue weighted by molar-refractivity contribution is 9.10. The zero-order valence-electron chi connectivity index (χ0n) is 18.4. The first-order valence-electron chi connectivity index (χ1n) is 10.8. The van der Waals surface area contributed by atoms with Gasteiger partial charge in [-0.3, -0.25) is 14.2 Å². The Kier molecular flexibility index (Phi) is 6.65. The second-order valence-corrected chi connectivity index (χ2v) is 9.19. The summed E-state index contributed by atoms with van der Waals surface area (Å²) in [4.78, 5) is 12.4. The summed E-state index contributed by atoms with van der Waals surface area (Å²) in [6.45, 7) is 5.22. The van der Waals surface area contributed by atoms with Crippen molar-refractivity contribution in [3.05, 3.63) is 68.7 Å². The van der Waals surface area contributed by atoms with Gasteiger partial charge in [-0.25, -0.2) is 0 Å². The average molecular weight is 524 g/mol. The molecule has 1 fully saturated rings. The number of aryl methyl sites for hydroxylation is 2. The van der Waals surface area contributed by atoms with Crippen LogP contribution in [0.1, 0.15) is 63.9 Å². The molecule has 1 aliphatic rings. The van der Waals surface area contributed by atoms with Crippen LogP contribution in [0, 0.1) is 13.8 Å². The third-order valence-corrected chi connectivity index (χ3v) is 6.92. The molecular formula is C23H25BrF3N5O. The van der Waals surface area contributed by atoms with Crippen LogP contribution < -0.4 is 5.32 Å². The van der Waals surface area contributed by atoms with Crippen LogP contribution >= 0.6 is 15.9 Å². The summed E-state index contributed by atoms with van der Waals surface area (Å²) in [6.07, 6.45) is -2.16. The monoisotopic (exact) mass is 523 g/mol. The molecule has 1 N–H and O–H groups in total. The molecule has 1 amide bonds. The smallest absolute Gasteiger partial charge is 0.352 e. The van der Waals surface area contributed by atoms with E-state index in [1.54, 1.807) is 12.1 Å². The Hall–Kier alpha value is -2.62. The number of halogens is 4. The maximum absolute atomic E-state index is 13.0. The molecule has 0 unspecified atom stereocenters. The predicted molar refractivity (Wildman–Crippen MR) is 121 cm³/mol. The van der Waals surface area contributed by atoms with E-state index in [9.17, 15) is 18.0 Å². The number of aromatic nitrogens is 4. The van der Waals surface area contributed by atoms with Crippen molar-refractivity contribution in [3.63, 3.8) is 0 Å². The highest BCUT2D eigenvalue weighted by Gasteiger charge is 2.37. The van der Waals surface area contributed by atoms with E-state index < -0.39 is 11.9 Å². The molecule has 3 aromatic rings. The fraction of sp³-hybridized carbons (Fsp3) is 0.435. The van der Waals surface area contributed by atoms with Gasteiger partial charge < -0.3 is 5.32 Å². The van der Waals surface area contributed by atoms with Crippen LogP contribution in [0.5, 0.6) is 0 Å². The van der Waals surface area contributed by atoms with E-state index in [1.165, 1.54) is 4.68 Å². The van der Waals surface area contributed by atoms with E-state index in [2.05, 4.69) is 31.4 Å². The maximum Gasteiger partial charge on any atom is 0.435 e. The molecule has 1 saturated carbocycles. The van der Waals surface area contributed by atoms with Gasteiger partial charge in [-0.2, -0.15) is 23.4 Å². The first-order valence-corrected chi connectivity index (χ1v) is 11.6. The summed E-state index contributed by atoms with van der Waals surface area (Å²) in [5, 5.41) is 11.1. The molecular weight excluding hydrogens is 499 g/mol. The zero-order chi connectivity index (χ0) is 23.8. The van der Waals surface area contributed by atoms with E-state index in [-0.39, 0.29) is 11.8 Å². The van der Waals surface area contributed by atoms with Crippen molar-refractivity contribution in [2.45, 2.75) is 58.3 Å². The van der Waals surface area contributed by atoms with Gasteiger partial charge in [-0.15, -0.1) is 0 Å². The number of nitrogens with zero attached hydrogens (tertiary/aromatic N) is 4. The van der Waals surface area contributed by atoms with Crippen LogP contribution in [-0.2, 0) is 19.3 Å². The largest absolute Gasteiger partial charge is 0.435 e. The number of nitrogens with one attached hydrogen (secondary N) is 1. The van der Waals surface area contributed by atoms with Crippen molar-refractivity contribution in [1.82, 2.24) is 24.9 Å². The number of benzene rings is 1. The minimum atomic E-state index is -4.44. The number of carbonyl (C=O) groups excluding carboxylic acids is 1. The molecule has 176 valence electrons. The SMILES string of the molecule is Cc1nn(Cc2ccc(C(=O)NCCCn3nc(C(F)(F)F)cc3C3CC3)cc2)c(C)c1Br. The quantitative estimate of drug-likeness (QED) is 0.411. The van der Waals surface area contributed by atoms with Crippen molar-refractivity contribution in [2.75, 3.05) is 6.54 Å². The van der Waals surface area contributed by atoms with Crippen LogP contribution in [0.3, 0.4) is 0 Å². The van der Waals surface area contributed by atoms with E-state index in [1.807, 2.05) is 30.7 Å². The molecule has 6 nitrogen and oxygen atoms in total. The van der Waals surface area contributed by atoms with Gasteiger partial charge in [0.2, 0.25) is 0 Å². The summed E-state index contributed by atoms with van der Waals surface area (Å²) in [5.41, 5.74) is 3.32. The molecule has 1 aromatic carbocycles. The molecule has 0 radical (unpaired) electrons. The number of hydrogen-bond donors (Lipinski definition) is 1. The normalized spacial score (nSPS) is 14.0. The number of alkyl halides is 3. The lowest BCUT2D eigenvalue weighted by Gasteiger charge is -2.09. The molecule has 0 spiro atoms. The van der Waals surface area contributed by atoms with Gasteiger partial charge in [0.05, 0.1) is 22.4 Å². The number of amides is 1. The first kappa shape index (κ1) is 23.5. The van der Waals surface area contributed by atoms with Gasteiger partial charge in [0.15, 0.2) is 5.69 Å². The van der Waals surface area contributed by atoms with Crippen LogP contribution in [0.25, 0.3) is 0 Å². The first-order chi connectivity index (χ1) is 15.6. The van der Waals surface area contributed by atoms with Crippen LogP contribution in [-0.4, -0.2) is 32.0 Å². The minimum absolute atomic E-state index is 0.164. The Bertz CT molecular complexity index is 1150. The minimum Gasteiger partial charge on any atom is -0.352 e. The summed E-state index contributed by atoms with van der Waals surface area (Å²) >= 11 is 3.52. The fourth-order valence-electron chi connectivity index (χ4n) is 3.75. The van der Waals surface area contributed by atoms with Gasteiger partial charge in [0.25, 0.3) is 5.91 Å². The lowest BCUT2D eigenvalue weighted by atomic mass is 10.1. The van der Waals surface area contributed by atoms with Crippen molar-refractivity contribution >= 4 is 21.8 Å². The number of rotatable bonds is 8. The molecule has 2 aromatic heterocycles. The van der Waals surface area contributed by atoms with E-state index in [0.717, 1.165) is 40.3 Å². The molecule has 33 heavy (non-hydrogen) atoms. The third-order valence-electron chi connectivity index (χ3n) is 5.77. The summed E-state index contributed by atoms with van der Waals surface area (Å²) in [6, 6.07) is 8.47. The standard InChI is InChI=1S/C23H25BrF3N5O/c1-14-21(24)15(2)32(29-14)13-16-4-6-18(7-5-16)22(33)28-10-3-11-31-19(17-8-9-17)12-20(30-31)23(25,26)27/h4-7,12,17H,3,8-11,13H2,1-2H3,(H,28,33). The van der Waals surface area contributed by atoms with E-state index in [0.29, 0.717) is 37.3 Å². The van der Waals surface area contributed by atoms with Gasteiger partial charge in [-0.05, 0) is 72.8 Å². The highest BCUT2D eigenvalue weighted by atomic mass is 79.9. The molecule has 1 aliphatic carbocycles. The maximum atomic E-state index is 13.0. The molecule has 2 heterocycles. The Morgan fingerprint density at radius 3 is 2.42 bits per heavy atom. The Labute approximate surface area is 198 Å². The topological polar surface area (TPSA) is 64.7 Å². The molecule has 0 saturated heterocycles. The van der Waals surface area contributed by atoms with Crippen LogP contribution in [0.2, 0.25) is 0 Å². The van der Waals surface area contributed by atoms with Crippen molar-refractivity contribution in [1.29, 1.82) is 0 Å². The van der Waals surface area contributed by atoms with Crippen molar-refractivity contribution in [2.24, 2.45) is 0 Å². The van der Waals surface area contributed by atoms with Gasteiger partial charge in [0, 0.05) is 30.3 Å². The molecule has 0 atom stereocenters. The highest BCUT2D eigenvalue weighted by Crippen LogP contribution is 2.42. The van der Waals surface area contributed by atoms with E-state index in [4.69, 9.17) is 0 Å².